The van der Waals surface area contributed by atoms with Crippen LogP contribution < -0.4 is 10.6 Å². The molecular formula is C29H30N4O7. The molecule has 0 spiro atoms. The predicted octanol–water partition coefficient (Wildman–Crippen LogP) is 2.03. The standard InChI is InChI=1S/C29H30N4O7/c1-13-21(28(30)39)26(37)24(32(3)4)19-11-16-9-15-10-18(33(14(2)34)17-5-7-31-8-6-17)12-20(35)22(15)25(36)23(16)27(38)29(13,19)40/h5-8,10,12,16,19,24,35-37,40H,1,9,11H2,2-4H3,(H2,30,39)/t16-,19-,24-,29-/m0/s1. The summed E-state index contributed by atoms with van der Waals surface area (Å²) >= 11 is 0. The number of rotatable bonds is 4. The lowest BCUT2D eigenvalue weighted by Crippen LogP contribution is -2.63. The number of phenolic OH excluding ortho intramolecular Hbond substituents is 1. The SMILES string of the molecule is C=C1C(C(N)=O)=C(O)[C@@H](N(C)C)[C@@H]2C[C@@H]3Cc4cc(N(C(C)=O)c5ccncc5)cc(O)c4C(O)=C3C(=O)[C@]12O. The van der Waals surface area contributed by atoms with Gasteiger partial charge in [0.25, 0.3) is 5.91 Å². The highest BCUT2D eigenvalue weighted by atomic mass is 16.3. The zero-order valence-electron chi connectivity index (χ0n) is 22.3. The lowest BCUT2D eigenvalue weighted by atomic mass is 9.56. The first kappa shape index (κ1) is 27.1. The normalized spacial score (nSPS) is 25.9. The number of aliphatic hydroxyl groups excluding tert-OH is 2. The predicted molar refractivity (Wildman–Crippen MR) is 145 cm³/mol. The molecule has 1 fully saturated rings. The molecule has 1 heterocycles. The van der Waals surface area contributed by atoms with Crippen LogP contribution in [0.15, 0.2) is 65.7 Å². The van der Waals surface area contributed by atoms with Gasteiger partial charge in [0.15, 0.2) is 11.4 Å². The fourth-order valence-corrected chi connectivity index (χ4v) is 6.56. The number of anilines is 2. The van der Waals surface area contributed by atoms with E-state index in [1.165, 1.54) is 30.3 Å². The number of ketones is 1. The molecule has 6 N–H and O–H groups in total. The molecule has 4 atom stereocenters. The van der Waals surface area contributed by atoms with E-state index in [2.05, 4.69) is 11.6 Å². The Kier molecular flexibility index (Phi) is 6.31. The summed E-state index contributed by atoms with van der Waals surface area (Å²) in [6.45, 7) is 5.14. The molecule has 1 aromatic heterocycles. The third-order valence-electron chi connectivity index (χ3n) is 8.19. The number of fused-ring (bicyclic) bond motifs is 3. The molecule has 2 amide bonds. The van der Waals surface area contributed by atoms with E-state index in [0.29, 0.717) is 16.9 Å². The number of hydrogen-bond donors (Lipinski definition) is 5. The number of likely N-dealkylation sites (N-methyl/N-ethyl adjacent to an activating group) is 1. The Morgan fingerprint density at radius 1 is 1.12 bits per heavy atom. The molecule has 208 valence electrons. The van der Waals surface area contributed by atoms with Gasteiger partial charge in [-0.25, -0.2) is 0 Å². The van der Waals surface area contributed by atoms with Crippen molar-refractivity contribution in [3.8, 4) is 5.75 Å². The number of aliphatic hydroxyl groups is 3. The minimum absolute atomic E-state index is 0.0164. The van der Waals surface area contributed by atoms with Gasteiger partial charge in [0.2, 0.25) is 5.91 Å². The van der Waals surface area contributed by atoms with Gasteiger partial charge in [0, 0.05) is 42.4 Å². The van der Waals surface area contributed by atoms with Crippen LogP contribution in [0.25, 0.3) is 5.76 Å². The number of aromatic nitrogens is 1. The van der Waals surface area contributed by atoms with E-state index in [-0.39, 0.29) is 47.0 Å². The highest BCUT2D eigenvalue weighted by Crippen LogP contribution is 2.54. The summed E-state index contributed by atoms with van der Waals surface area (Å²) in [5.74, 6) is -5.00. The summed E-state index contributed by atoms with van der Waals surface area (Å²) in [5.41, 5.74) is 3.71. The van der Waals surface area contributed by atoms with Crippen LogP contribution in [-0.2, 0) is 20.8 Å². The molecule has 0 radical (unpaired) electrons. The first-order chi connectivity index (χ1) is 18.8. The molecule has 0 saturated heterocycles. The lowest BCUT2D eigenvalue weighted by molar-refractivity contribution is -0.143. The average Bonchev–Trinajstić information content (AvgIpc) is 2.86. The largest absolute Gasteiger partial charge is 0.510 e. The Labute approximate surface area is 230 Å². The molecule has 2 aromatic rings. The maximum absolute atomic E-state index is 14.0. The van der Waals surface area contributed by atoms with Gasteiger partial charge in [0.1, 0.15) is 17.3 Å². The summed E-state index contributed by atoms with van der Waals surface area (Å²) < 4.78 is 0. The highest BCUT2D eigenvalue weighted by molar-refractivity contribution is 6.14. The van der Waals surface area contributed by atoms with Crippen molar-refractivity contribution in [3.05, 3.63) is 76.8 Å². The quantitative estimate of drug-likeness (QED) is 0.384. The minimum atomic E-state index is -2.33. The topological polar surface area (TPSA) is 178 Å². The summed E-state index contributed by atoms with van der Waals surface area (Å²) in [6, 6.07) is 5.33. The zero-order chi connectivity index (χ0) is 29.3. The summed E-state index contributed by atoms with van der Waals surface area (Å²) in [5, 5.41) is 45.3. The maximum Gasteiger partial charge on any atom is 0.252 e. The number of nitrogens with zero attached hydrogens (tertiary/aromatic N) is 3. The van der Waals surface area contributed by atoms with Gasteiger partial charge in [-0.3, -0.25) is 29.2 Å². The molecule has 3 aliphatic rings. The number of benzene rings is 1. The van der Waals surface area contributed by atoms with E-state index in [9.17, 15) is 34.8 Å². The summed E-state index contributed by atoms with van der Waals surface area (Å²) in [6.07, 6.45) is 3.39. The van der Waals surface area contributed by atoms with Gasteiger partial charge in [-0.05, 0) is 56.6 Å². The van der Waals surface area contributed by atoms with Crippen LogP contribution in [0.1, 0.15) is 24.5 Å². The van der Waals surface area contributed by atoms with Crippen LogP contribution in [-0.4, -0.2) is 73.6 Å². The Hall–Kier alpha value is -4.48. The molecular weight excluding hydrogens is 516 g/mol. The third kappa shape index (κ3) is 3.73. The van der Waals surface area contributed by atoms with Crippen LogP contribution in [0.5, 0.6) is 5.75 Å². The van der Waals surface area contributed by atoms with Crippen LogP contribution in [0.3, 0.4) is 0 Å². The summed E-state index contributed by atoms with van der Waals surface area (Å²) in [7, 11) is 3.27. The molecule has 0 unspecified atom stereocenters. The number of carbonyl (C=O) groups excluding carboxylic acids is 3. The van der Waals surface area contributed by atoms with Crippen molar-refractivity contribution < 1.29 is 34.8 Å². The van der Waals surface area contributed by atoms with E-state index in [1.807, 2.05) is 0 Å². The molecule has 0 bridgehead atoms. The zero-order valence-corrected chi connectivity index (χ0v) is 22.3. The second-order valence-electron chi connectivity index (χ2n) is 10.7. The molecule has 40 heavy (non-hydrogen) atoms. The minimum Gasteiger partial charge on any atom is -0.510 e. The monoisotopic (exact) mass is 546 g/mol. The van der Waals surface area contributed by atoms with E-state index >= 15 is 0 Å². The average molecular weight is 547 g/mol. The van der Waals surface area contributed by atoms with Crippen LogP contribution in [0.2, 0.25) is 0 Å². The Morgan fingerprint density at radius 2 is 1.77 bits per heavy atom. The number of hydrogen-bond acceptors (Lipinski definition) is 9. The lowest BCUT2D eigenvalue weighted by Gasteiger charge is -2.52. The molecule has 1 aromatic carbocycles. The van der Waals surface area contributed by atoms with Crippen LogP contribution >= 0.6 is 0 Å². The fraction of sp³-hybridized carbons (Fsp3) is 0.310. The first-order valence-electron chi connectivity index (χ1n) is 12.7. The third-order valence-corrected chi connectivity index (χ3v) is 8.19. The number of Topliss-reactive ketones (excluding diaryl/α,β-unsaturated/α-hetero) is 1. The Bertz CT molecular complexity index is 1540. The number of aromatic hydroxyl groups is 1. The molecule has 1 saturated carbocycles. The van der Waals surface area contributed by atoms with E-state index in [0.717, 1.165) is 0 Å². The van der Waals surface area contributed by atoms with Crippen molar-refractivity contribution in [2.45, 2.75) is 31.4 Å². The second-order valence-corrected chi connectivity index (χ2v) is 10.7. The molecule has 0 aliphatic heterocycles. The van der Waals surface area contributed by atoms with E-state index in [4.69, 9.17) is 5.73 Å². The molecule has 11 nitrogen and oxygen atoms in total. The van der Waals surface area contributed by atoms with Crippen molar-refractivity contribution >= 4 is 34.7 Å². The van der Waals surface area contributed by atoms with Crippen LogP contribution in [0.4, 0.5) is 11.4 Å². The first-order valence-corrected chi connectivity index (χ1v) is 12.7. The molecule has 11 heteroatoms. The maximum atomic E-state index is 14.0. The van der Waals surface area contributed by atoms with E-state index < -0.39 is 46.5 Å². The van der Waals surface area contributed by atoms with Gasteiger partial charge in [-0.15, -0.1) is 0 Å². The van der Waals surface area contributed by atoms with Gasteiger partial charge in [-0.1, -0.05) is 6.58 Å². The Balaban J connectivity index is 1.66. The van der Waals surface area contributed by atoms with Gasteiger partial charge in [0.05, 0.1) is 28.6 Å². The van der Waals surface area contributed by atoms with Crippen molar-refractivity contribution in [2.75, 3.05) is 19.0 Å². The molecule has 5 rings (SSSR count). The number of amides is 2. The Morgan fingerprint density at radius 3 is 2.35 bits per heavy atom. The fourth-order valence-electron chi connectivity index (χ4n) is 6.56. The van der Waals surface area contributed by atoms with Crippen molar-refractivity contribution in [2.24, 2.45) is 17.6 Å². The number of carbonyl (C=O) groups is 3. The summed E-state index contributed by atoms with van der Waals surface area (Å²) in [4.78, 5) is 45.8. The highest BCUT2D eigenvalue weighted by Gasteiger charge is 2.62. The van der Waals surface area contributed by atoms with Crippen molar-refractivity contribution in [3.63, 3.8) is 0 Å². The number of primary amides is 1. The van der Waals surface area contributed by atoms with Crippen molar-refractivity contribution in [1.29, 1.82) is 0 Å². The smallest absolute Gasteiger partial charge is 0.252 e. The van der Waals surface area contributed by atoms with Gasteiger partial charge in [-0.2, -0.15) is 0 Å². The second kappa shape index (κ2) is 9.32. The number of phenols is 1. The van der Waals surface area contributed by atoms with Gasteiger partial charge < -0.3 is 26.2 Å². The van der Waals surface area contributed by atoms with Gasteiger partial charge >= 0.3 is 0 Å². The molecule has 3 aliphatic carbocycles. The number of pyridine rings is 1. The number of nitrogens with two attached hydrogens (primary N) is 1. The van der Waals surface area contributed by atoms with Crippen LogP contribution in [0, 0.1) is 11.8 Å². The van der Waals surface area contributed by atoms with E-state index in [1.54, 1.807) is 37.2 Å². The van der Waals surface area contributed by atoms with Crippen molar-refractivity contribution in [1.82, 2.24) is 9.88 Å².